The summed E-state index contributed by atoms with van der Waals surface area (Å²) in [5, 5.41) is 0.667. The van der Waals surface area contributed by atoms with Crippen LogP contribution in [0.1, 0.15) is 29.9 Å². The minimum atomic E-state index is -0.435. The van der Waals surface area contributed by atoms with Crippen LogP contribution in [-0.4, -0.2) is 23.1 Å². The maximum atomic E-state index is 13.2. The lowest BCUT2D eigenvalue weighted by Gasteiger charge is -2.12. The van der Waals surface area contributed by atoms with E-state index < -0.39 is 11.9 Å². The normalized spacial score (nSPS) is 10.9. The Morgan fingerprint density at radius 3 is 2.30 bits per heavy atom. The summed E-state index contributed by atoms with van der Waals surface area (Å²) in [5.74, 6) is 0.0578. The first-order valence-electron chi connectivity index (χ1n) is 10.4. The van der Waals surface area contributed by atoms with Gasteiger partial charge in [0.15, 0.2) is 0 Å². The van der Waals surface area contributed by atoms with Crippen molar-refractivity contribution >= 4 is 50.5 Å². The Morgan fingerprint density at radius 2 is 1.67 bits per heavy atom. The van der Waals surface area contributed by atoms with E-state index in [2.05, 4.69) is 20.5 Å². The van der Waals surface area contributed by atoms with Crippen LogP contribution in [0.3, 0.4) is 0 Å². The number of ether oxygens (including phenoxy) is 2. The Bertz CT molecular complexity index is 1300. The molecule has 33 heavy (non-hydrogen) atoms. The van der Waals surface area contributed by atoms with Gasteiger partial charge >= 0.3 is 11.9 Å². The highest BCUT2D eigenvalue weighted by molar-refractivity contribution is 9.10. The molecule has 1 heterocycles. The molecule has 0 aliphatic rings. The summed E-state index contributed by atoms with van der Waals surface area (Å²) in [6.45, 7) is 3.39. The van der Waals surface area contributed by atoms with Gasteiger partial charge in [-0.2, -0.15) is 0 Å². The average Bonchev–Trinajstić information content (AvgIpc) is 3.12. The van der Waals surface area contributed by atoms with Gasteiger partial charge in [-0.05, 0) is 59.3 Å². The number of aromatic nitrogens is 1. The van der Waals surface area contributed by atoms with Gasteiger partial charge in [-0.15, -0.1) is 11.8 Å². The fraction of sp³-hybridized carbons (Fsp3) is 0.154. The van der Waals surface area contributed by atoms with Crippen LogP contribution < -0.4 is 4.74 Å². The summed E-state index contributed by atoms with van der Waals surface area (Å²) in [6.07, 6.45) is 0. The van der Waals surface area contributed by atoms with Crippen molar-refractivity contribution in [3.05, 3.63) is 88.5 Å². The van der Waals surface area contributed by atoms with Gasteiger partial charge in [0.25, 0.3) is 0 Å². The second-order valence-electron chi connectivity index (χ2n) is 7.21. The number of hydrogen-bond donors (Lipinski definition) is 0. The Morgan fingerprint density at radius 1 is 1.00 bits per heavy atom. The number of carbonyl (C=O) groups is 2. The summed E-state index contributed by atoms with van der Waals surface area (Å²) in [5.41, 5.74) is 3.03. The standard InChI is InChI=1S/C26H22BrNO4S/c1-3-31-26(30)25-20-14-24(32-17(2)29)21(27)15-22(20)28(18-10-6-4-7-11-18)23(25)16-33-19-12-8-5-9-13-19/h4-15H,3,16H2,1-2H3. The van der Waals surface area contributed by atoms with Crippen LogP contribution in [0.2, 0.25) is 0 Å². The zero-order chi connectivity index (χ0) is 23.4. The number of benzene rings is 3. The van der Waals surface area contributed by atoms with Gasteiger partial charge in [-0.25, -0.2) is 4.79 Å². The van der Waals surface area contributed by atoms with Gasteiger partial charge in [0.1, 0.15) is 5.75 Å². The number of para-hydroxylation sites is 1. The van der Waals surface area contributed by atoms with Gasteiger partial charge in [0.05, 0.1) is 22.2 Å². The lowest BCUT2D eigenvalue weighted by molar-refractivity contribution is -0.131. The monoisotopic (exact) mass is 523 g/mol. The molecule has 0 saturated carbocycles. The Hall–Kier alpha value is -3.03. The molecular formula is C26H22BrNO4S. The highest BCUT2D eigenvalue weighted by atomic mass is 79.9. The molecule has 0 amide bonds. The molecule has 168 valence electrons. The van der Waals surface area contributed by atoms with Crippen molar-refractivity contribution in [1.82, 2.24) is 4.57 Å². The molecule has 0 radical (unpaired) electrons. The van der Waals surface area contributed by atoms with Crippen molar-refractivity contribution in [1.29, 1.82) is 0 Å². The zero-order valence-electron chi connectivity index (χ0n) is 18.2. The molecule has 1 aromatic heterocycles. The van der Waals surface area contributed by atoms with E-state index in [4.69, 9.17) is 9.47 Å². The van der Waals surface area contributed by atoms with Gasteiger partial charge in [0, 0.05) is 34.3 Å². The van der Waals surface area contributed by atoms with Crippen LogP contribution in [0.4, 0.5) is 0 Å². The van der Waals surface area contributed by atoms with E-state index in [9.17, 15) is 9.59 Å². The summed E-state index contributed by atoms with van der Waals surface area (Å²) in [4.78, 5) is 25.9. The predicted molar refractivity (Wildman–Crippen MR) is 134 cm³/mol. The van der Waals surface area contributed by atoms with Gasteiger partial charge < -0.3 is 14.0 Å². The molecule has 7 heteroatoms. The highest BCUT2D eigenvalue weighted by Gasteiger charge is 2.26. The van der Waals surface area contributed by atoms with Crippen molar-refractivity contribution < 1.29 is 19.1 Å². The minimum Gasteiger partial charge on any atom is -0.462 e. The molecule has 0 unspecified atom stereocenters. The first kappa shape index (κ1) is 23.1. The molecule has 0 bridgehead atoms. The van der Waals surface area contributed by atoms with Crippen LogP contribution in [0, 0.1) is 0 Å². The van der Waals surface area contributed by atoms with Crippen molar-refractivity contribution in [2.45, 2.75) is 24.5 Å². The van der Waals surface area contributed by atoms with Crippen LogP contribution in [0.25, 0.3) is 16.6 Å². The third kappa shape index (κ3) is 4.99. The minimum absolute atomic E-state index is 0.259. The number of thioether (sulfide) groups is 1. The van der Waals surface area contributed by atoms with Crippen molar-refractivity contribution in [2.24, 2.45) is 0 Å². The summed E-state index contributed by atoms with van der Waals surface area (Å²) in [7, 11) is 0. The van der Waals surface area contributed by atoms with Crippen molar-refractivity contribution in [3.8, 4) is 11.4 Å². The SMILES string of the molecule is CCOC(=O)c1c(CSc2ccccc2)n(-c2ccccc2)c2cc(Br)c(OC(C)=O)cc12. The molecule has 4 aromatic rings. The number of hydrogen-bond acceptors (Lipinski definition) is 5. The molecule has 0 N–H and O–H groups in total. The number of rotatable bonds is 7. The quantitative estimate of drug-likeness (QED) is 0.151. The number of esters is 2. The lowest BCUT2D eigenvalue weighted by Crippen LogP contribution is -2.09. The van der Waals surface area contributed by atoms with Crippen LogP contribution >= 0.6 is 27.7 Å². The number of nitrogens with zero attached hydrogens (tertiary/aromatic N) is 1. The molecule has 0 aliphatic heterocycles. The van der Waals surface area contributed by atoms with E-state index in [1.54, 1.807) is 24.8 Å². The second-order valence-corrected chi connectivity index (χ2v) is 9.11. The molecule has 4 rings (SSSR count). The Kier molecular flexibility index (Phi) is 7.20. The molecule has 5 nitrogen and oxygen atoms in total. The summed E-state index contributed by atoms with van der Waals surface area (Å²) in [6, 6.07) is 23.5. The first-order valence-corrected chi connectivity index (χ1v) is 12.2. The molecule has 0 spiro atoms. The van der Waals surface area contributed by atoms with Crippen LogP contribution in [0.5, 0.6) is 5.75 Å². The Labute approximate surface area is 204 Å². The van der Waals surface area contributed by atoms with E-state index in [-0.39, 0.29) is 6.61 Å². The number of fused-ring (bicyclic) bond motifs is 1. The highest BCUT2D eigenvalue weighted by Crippen LogP contribution is 2.39. The van der Waals surface area contributed by atoms with Crippen molar-refractivity contribution in [2.75, 3.05) is 6.61 Å². The van der Waals surface area contributed by atoms with Gasteiger partial charge in [-0.1, -0.05) is 36.4 Å². The van der Waals surface area contributed by atoms with Crippen molar-refractivity contribution in [3.63, 3.8) is 0 Å². The summed E-state index contributed by atoms with van der Waals surface area (Å²) >= 11 is 5.16. The van der Waals surface area contributed by atoms with E-state index in [0.717, 1.165) is 21.8 Å². The van der Waals surface area contributed by atoms with Crippen LogP contribution in [0.15, 0.2) is 82.2 Å². The molecule has 0 aliphatic carbocycles. The first-order chi connectivity index (χ1) is 16.0. The zero-order valence-corrected chi connectivity index (χ0v) is 20.6. The maximum Gasteiger partial charge on any atom is 0.340 e. The van der Waals surface area contributed by atoms with E-state index in [1.807, 2.05) is 66.7 Å². The van der Waals surface area contributed by atoms with Gasteiger partial charge in [0.2, 0.25) is 0 Å². The maximum absolute atomic E-state index is 13.2. The number of halogens is 1. The largest absolute Gasteiger partial charge is 0.462 e. The fourth-order valence-corrected chi connectivity index (χ4v) is 5.02. The smallest absolute Gasteiger partial charge is 0.340 e. The van der Waals surface area contributed by atoms with E-state index >= 15 is 0 Å². The fourth-order valence-electron chi connectivity index (χ4n) is 3.68. The molecular weight excluding hydrogens is 502 g/mol. The molecule has 3 aromatic carbocycles. The lowest BCUT2D eigenvalue weighted by atomic mass is 10.1. The Balaban J connectivity index is 1.98. The van der Waals surface area contributed by atoms with Crippen LogP contribution in [-0.2, 0) is 15.3 Å². The predicted octanol–water partition coefficient (Wildman–Crippen LogP) is 6.79. The van der Waals surface area contributed by atoms with E-state index in [0.29, 0.717) is 26.9 Å². The number of carbonyl (C=O) groups excluding carboxylic acids is 2. The third-order valence-corrected chi connectivity index (χ3v) is 6.63. The average molecular weight is 524 g/mol. The summed E-state index contributed by atoms with van der Waals surface area (Å²) < 4.78 is 13.5. The second kappa shape index (κ2) is 10.3. The third-order valence-electron chi connectivity index (χ3n) is 4.99. The van der Waals surface area contributed by atoms with E-state index in [1.165, 1.54) is 6.92 Å². The topological polar surface area (TPSA) is 57.5 Å². The molecule has 0 saturated heterocycles. The molecule has 0 atom stereocenters. The van der Waals surface area contributed by atoms with Gasteiger partial charge in [-0.3, -0.25) is 4.79 Å². The molecule has 0 fully saturated rings.